The van der Waals surface area contributed by atoms with Gasteiger partial charge in [0.2, 0.25) is 5.91 Å². The zero-order chi connectivity index (χ0) is 20.6. The van der Waals surface area contributed by atoms with Gasteiger partial charge in [-0.1, -0.05) is 49.7 Å². The molecule has 0 aliphatic rings. The molecule has 0 fully saturated rings. The summed E-state index contributed by atoms with van der Waals surface area (Å²) in [6, 6.07) is 21.0. The molecule has 2 N–H and O–H groups in total. The number of hydrazone groups is 1. The van der Waals surface area contributed by atoms with E-state index >= 15 is 0 Å². The van der Waals surface area contributed by atoms with Crippen LogP contribution in [0.1, 0.15) is 49.0 Å². The molecule has 0 aliphatic heterocycles. The minimum atomic E-state index is -0.297. The first-order valence-corrected chi connectivity index (χ1v) is 9.80. The van der Waals surface area contributed by atoms with Crippen LogP contribution in [0, 0.1) is 0 Å². The maximum atomic E-state index is 12.4. The molecular formula is C24H25N3O2. The summed E-state index contributed by atoms with van der Waals surface area (Å²) < 4.78 is 0. The van der Waals surface area contributed by atoms with E-state index in [0.29, 0.717) is 17.7 Å². The number of carbonyl (C=O) groups is 2. The van der Waals surface area contributed by atoms with Crippen LogP contribution in [0.15, 0.2) is 71.8 Å². The Morgan fingerprint density at radius 2 is 1.59 bits per heavy atom. The Labute approximate surface area is 170 Å². The van der Waals surface area contributed by atoms with Crippen LogP contribution >= 0.6 is 0 Å². The number of hydrogen-bond donors (Lipinski definition) is 2. The van der Waals surface area contributed by atoms with Crippen LogP contribution < -0.4 is 10.7 Å². The summed E-state index contributed by atoms with van der Waals surface area (Å²) in [6.45, 7) is 3.91. The molecule has 0 atom stereocenters. The fourth-order valence-corrected chi connectivity index (χ4v) is 2.94. The molecule has 0 aromatic heterocycles. The molecule has 3 aromatic carbocycles. The second-order valence-electron chi connectivity index (χ2n) is 6.93. The van der Waals surface area contributed by atoms with Gasteiger partial charge in [-0.05, 0) is 60.0 Å². The largest absolute Gasteiger partial charge is 0.326 e. The predicted octanol–water partition coefficient (Wildman–Crippen LogP) is 5.12. The molecule has 5 nitrogen and oxygen atoms in total. The van der Waals surface area contributed by atoms with Gasteiger partial charge in [0.25, 0.3) is 5.91 Å². The Bertz CT molecular complexity index is 1040. The van der Waals surface area contributed by atoms with Crippen molar-refractivity contribution in [1.82, 2.24) is 5.43 Å². The molecule has 148 valence electrons. The van der Waals surface area contributed by atoms with Crippen molar-refractivity contribution < 1.29 is 9.59 Å². The van der Waals surface area contributed by atoms with E-state index in [2.05, 4.69) is 28.0 Å². The van der Waals surface area contributed by atoms with Crippen molar-refractivity contribution in [3.63, 3.8) is 0 Å². The molecule has 2 amide bonds. The Kier molecular flexibility index (Phi) is 6.74. The van der Waals surface area contributed by atoms with Gasteiger partial charge in [0.15, 0.2) is 0 Å². The number of anilines is 1. The van der Waals surface area contributed by atoms with Crippen molar-refractivity contribution in [1.29, 1.82) is 0 Å². The van der Waals surface area contributed by atoms with Crippen LogP contribution in [0.4, 0.5) is 5.69 Å². The molecule has 0 bridgehead atoms. The average molecular weight is 387 g/mol. The molecule has 5 heteroatoms. The van der Waals surface area contributed by atoms with Gasteiger partial charge in [-0.2, -0.15) is 5.10 Å². The van der Waals surface area contributed by atoms with Crippen LogP contribution in [0.5, 0.6) is 0 Å². The summed E-state index contributed by atoms with van der Waals surface area (Å²) in [4.78, 5) is 24.1. The summed E-state index contributed by atoms with van der Waals surface area (Å²) in [5, 5.41) is 9.35. The van der Waals surface area contributed by atoms with Crippen LogP contribution in [0.25, 0.3) is 10.8 Å². The first-order chi connectivity index (χ1) is 14.1. The number of rotatable bonds is 7. The van der Waals surface area contributed by atoms with Gasteiger partial charge >= 0.3 is 0 Å². The first-order valence-electron chi connectivity index (χ1n) is 9.80. The van der Waals surface area contributed by atoms with E-state index in [4.69, 9.17) is 0 Å². The lowest BCUT2D eigenvalue weighted by Gasteiger charge is -2.07. The van der Waals surface area contributed by atoms with Gasteiger partial charge in [-0.25, -0.2) is 5.43 Å². The fraction of sp³-hybridized carbons (Fsp3) is 0.208. The zero-order valence-corrected chi connectivity index (χ0v) is 16.7. The summed E-state index contributed by atoms with van der Waals surface area (Å²) in [6.07, 6.45) is 2.34. The normalized spacial score (nSPS) is 11.3. The highest BCUT2D eigenvalue weighted by Crippen LogP contribution is 2.16. The standard InChI is InChI=1S/C24H25N3O2/c1-3-4-9-23(28)25-22-14-12-19(13-15-22)24(29)27-26-17(2)20-11-10-18-7-5-6-8-21(18)16-20/h5-8,10-16H,3-4,9H2,1-2H3,(H,25,28)(H,27,29). The number of nitrogens with one attached hydrogen (secondary N) is 2. The SMILES string of the molecule is CCCCC(=O)Nc1ccc(C(=O)NN=C(C)c2ccc3ccccc3c2)cc1. The molecule has 0 aliphatic carbocycles. The van der Waals surface area contributed by atoms with Crippen LogP contribution in [-0.2, 0) is 4.79 Å². The third-order valence-electron chi connectivity index (χ3n) is 4.68. The number of hydrogen-bond acceptors (Lipinski definition) is 3. The summed E-state index contributed by atoms with van der Waals surface area (Å²) in [5.41, 5.74) is 5.43. The Hall–Kier alpha value is -3.47. The van der Waals surface area contributed by atoms with E-state index in [1.807, 2.05) is 44.2 Å². The topological polar surface area (TPSA) is 70.6 Å². The van der Waals surface area contributed by atoms with Gasteiger partial charge in [-0.15, -0.1) is 0 Å². The maximum Gasteiger partial charge on any atom is 0.271 e. The van der Waals surface area contributed by atoms with E-state index in [1.165, 1.54) is 0 Å². The lowest BCUT2D eigenvalue weighted by molar-refractivity contribution is -0.116. The minimum absolute atomic E-state index is 0.0142. The smallest absolute Gasteiger partial charge is 0.271 e. The van der Waals surface area contributed by atoms with Gasteiger partial charge in [0.1, 0.15) is 0 Å². The highest BCUT2D eigenvalue weighted by atomic mass is 16.2. The zero-order valence-electron chi connectivity index (χ0n) is 16.7. The number of nitrogens with zero attached hydrogens (tertiary/aromatic N) is 1. The number of amides is 2. The number of unbranched alkanes of at least 4 members (excludes halogenated alkanes) is 1. The Balaban J connectivity index is 1.62. The van der Waals surface area contributed by atoms with E-state index in [9.17, 15) is 9.59 Å². The minimum Gasteiger partial charge on any atom is -0.326 e. The highest BCUT2D eigenvalue weighted by molar-refractivity contribution is 6.03. The van der Waals surface area contributed by atoms with Gasteiger partial charge in [0, 0.05) is 17.7 Å². The molecule has 3 rings (SSSR count). The highest BCUT2D eigenvalue weighted by Gasteiger charge is 2.07. The van der Waals surface area contributed by atoms with Crippen LogP contribution in [0.2, 0.25) is 0 Å². The van der Waals surface area contributed by atoms with Gasteiger partial charge in [-0.3, -0.25) is 9.59 Å². The Morgan fingerprint density at radius 1 is 0.897 bits per heavy atom. The lowest BCUT2D eigenvalue weighted by Crippen LogP contribution is -2.19. The third kappa shape index (κ3) is 5.51. The van der Waals surface area contributed by atoms with Crippen molar-refractivity contribution >= 4 is 34.0 Å². The third-order valence-corrected chi connectivity index (χ3v) is 4.68. The van der Waals surface area contributed by atoms with Gasteiger partial charge in [0.05, 0.1) is 5.71 Å². The molecule has 3 aromatic rings. The number of carbonyl (C=O) groups excluding carboxylic acids is 2. The number of fused-ring (bicyclic) bond motifs is 1. The van der Waals surface area contributed by atoms with Crippen molar-refractivity contribution in [2.75, 3.05) is 5.32 Å². The van der Waals surface area contributed by atoms with E-state index in [1.54, 1.807) is 24.3 Å². The van der Waals surface area contributed by atoms with Crippen molar-refractivity contribution in [3.05, 3.63) is 77.9 Å². The predicted molar refractivity (Wildman–Crippen MR) is 118 cm³/mol. The van der Waals surface area contributed by atoms with E-state index < -0.39 is 0 Å². The van der Waals surface area contributed by atoms with Crippen molar-refractivity contribution in [2.24, 2.45) is 5.10 Å². The van der Waals surface area contributed by atoms with Crippen molar-refractivity contribution in [3.8, 4) is 0 Å². The monoisotopic (exact) mass is 387 g/mol. The fourth-order valence-electron chi connectivity index (χ4n) is 2.94. The van der Waals surface area contributed by atoms with E-state index in [-0.39, 0.29) is 11.8 Å². The van der Waals surface area contributed by atoms with E-state index in [0.717, 1.165) is 34.9 Å². The second-order valence-corrected chi connectivity index (χ2v) is 6.93. The quantitative estimate of drug-likeness (QED) is 0.436. The average Bonchev–Trinajstić information content (AvgIpc) is 2.76. The maximum absolute atomic E-state index is 12.4. The molecule has 0 radical (unpaired) electrons. The van der Waals surface area contributed by atoms with Crippen molar-refractivity contribution in [2.45, 2.75) is 33.1 Å². The van der Waals surface area contributed by atoms with Crippen LogP contribution in [0.3, 0.4) is 0 Å². The molecule has 0 saturated heterocycles. The molecule has 0 unspecified atom stereocenters. The second kappa shape index (κ2) is 9.64. The summed E-state index contributed by atoms with van der Waals surface area (Å²) in [5.74, 6) is -0.311. The van der Waals surface area contributed by atoms with Gasteiger partial charge < -0.3 is 5.32 Å². The molecular weight excluding hydrogens is 362 g/mol. The number of benzene rings is 3. The molecule has 0 spiro atoms. The lowest BCUT2D eigenvalue weighted by atomic mass is 10.0. The first kappa shape index (κ1) is 20.3. The molecule has 0 heterocycles. The molecule has 29 heavy (non-hydrogen) atoms. The summed E-state index contributed by atoms with van der Waals surface area (Å²) >= 11 is 0. The Morgan fingerprint density at radius 3 is 2.31 bits per heavy atom. The molecule has 0 saturated carbocycles. The van der Waals surface area contributed by atoms with Crippen LogP contribution in [-0.4, -0.2) is 17.5 Å². The summed E-state index contributed by atoms with van der Waals surface area (Å²) in [7, 11) is 0.